The van der Waals surface area contributed by atoms with Crippen LogP contribution < -0.4 is 5.43 Å². The molecule has 1 aliphatic rings. The minimum atomic E-state index is -4.05. The zero-order valence-electron chi connectivity index (χ0n) is 19.7. The minimum absolute atomic E-state index is 0.0292. The molecule has 0 spiro atoms. The maximum Gasteiger partial charge on any atom is 0.259 e. The SMILES string of the molecule is C/C(=N/NC(=O)[C@H]1CN(S(=O)(=O)c2ccccc2)CCN1S(=O)(=O)c1ccccc1)C(C)(C)C. The van der Waals surface area contributed by atoms with Crippen LogP contribution in [0.5, 0.6) is 0 Å². The number of rotatable bonds is 6. The molecule has 1 aliphatic heterocycles. The lowest BCUT2D eigenvalue weighted by molar-refractivity contribution is -0.125. The second-order valence-electron chi connectivity index (χ2n) is 9.04. The van der Waals surface area contributed by atoms with Crippen LogP contribution in [0.2, 0.25) is 0 Å². The second-order valence-corrected chi connectivity index (χ2v) is 12.9. The number of nitrogens with zero attached hydrogens (tertiary/aromatic N) is 3. The van der Waals surface area contributed by atoms with Gasteiger partial charge in [0.2, 0.25) is 20.0 Å². The molecule has 0 radical (unpaired) electrons. The number of amides is 1. The molecule has 2 aromatic rings. The first-order chi connectivity index (χ1) is 15.8. The zero-order valence-corrected chi connectivity index (χ0v) is 21.3. The molecule has 2 aromatic carbocycles. The number of hydrogen-bond acceptors (Lipinski definition) is 6. The molecule has 11 heteroatoms. The number of benzene rings is 2. The first-order valence-electron chi connectivity index (χ1n) is 10.8. The van der Waals surface area contributed by atoms with Gasteiger partial charge in [-0.05, 0) is 31.2 Å². The van der Waals surface area contributed by atoms with Crippen LogP contribution in [0.25, 0.3) is 0 Å². The van der Waals surface area contributed by atoms with Crippen LogP contribution in [0.15, 0.2) is 75.6 Å². The Morgan fingerprint density at radius 1 is 0.882 bits per heavy atom. The minimum Gasteiger partial charge on any atom is -0.271 e. The van der Waals surface area contributed by atoms with E-state index < -0.39 is 32.0 Å². The van der Waals surface area contributed by atoms with Gasteiger partial charge in [0.1, 0.15) is 6.04 Å². The van der Waals surface area contributed by atoms with E-state index in [1.165, 1.54) is 24.3 Å². The van der Waals surface area contributed by atoms with Gasteiger partial charge in [0, 0.05) is 30.8 Å². The number of sulfonamides is 2. The van der Waals surface area contributed by atoms with Crippen LogP contribution in [0.1, 0.15) is 27.7 Å². The lowest BCUT2D eigenvalue weighted by Crippen LogP contribution is -2.60. The quantitative estimate of drug-likeness (QED) is 0.477. The van der Waals surface area contributed by atoms with E-state index in [0.29, 0.717) is 5.71 Å². The van der Waals surface area contributed by atoms with Crippen LogP contribution >= 0.6 is 0 Å². The predicted octanol–water partition coefficient (Wildman–Crippen LogP) is 2.29. The van der Waals surface area contributed by atoms with Gasteiger partial charge in [-0.25, -0.2) is 22.3 Å². The molecular weight excluding hydrogens is 476 g/mol. The van der Waals surface area contributed by atoms with Crippen molar-refractivity contribution >= 4 is 31.7 Å². The summed E-state index contributed by atoms with van der Waals surface area (Å²) in [6, 6.07) is 14.3. The molecule has 1 N–H and O–H groups in total. The summed E-state index contributed by atoms with van der Waals surface area (Å²) in [4.78, 5) is 13.3. The molecule has 0 unspecified atom stereocenters. The molecular formula is C23H30N4O5S2. The molecule has 3 rings (SSSR count). The predicted molar refractivity (Wildman–Crippen MR) is 130 cm³/mol. The third-order valence-electron chi connectivity index (χ3n) is 5.75. The van der Waals surface area contributed by atoms with Crippen molar-refractivity contribution in [1.82, 2.24) is 14.0 Å². The van der Waals surface area contributed by atoms with E-state index in [1.54, 1.807) is 43.3 Å². The molecule has 9 nitrogen and oxygen atoms in total. The molecule has 0 bridgehead atoms. The van der Waals surface area contributed by atoms with Crippen LogP contribution in [0.3, 0.4) is 0 Å². The number of carbonyl (C=O) groups is 1. The number of nitrogens with one attached hydrogen (secondary N) is 1. The summed E-state index contributed by atoms with van der Waals surface area (Å²) in [5.41, 5.74) is 2.78. The van der Waals surface area contributed by atoms with E-state index in [9.17, 15) is 21.6 Å². The van der Waals surface area contributed by atoms with Crippen molar-refractivity contribution < 1.29 is 21.6 Å². The Labute approximate surface area is 201 Å². The first-order valence-corrected chi connectivity index (χ1v) is 13.7. The van der Waals surface area contributed by atoms with Crippen molar-refractivity contribution in [3.05, 3.63) is 60.7 Å². The van der Waals surface area contributed by atoms with Gasteiger partial charge in [0.05, 0.1) is 9.79 Å². The molecule has 34 heavy (non-hydrogen) atoms. The summed E-state index contributed by atoms with van der Waals surface area (Å²) >= 11 is 0. The van der Waals surface area contributed by atoms with Gasteiger partial charge in [0.15, 0.2) is 0 Å². The fraction of sp³-hybridized carbons (Fsp3) is 0.391. The lowest BCUT2D eigenvalue weighted by Gasteiger charge is -2.38. The monoisotopic (exact) mass is 506 g/mol. The number of hydrazone groups is 1. The van der Waals surface area contributed by atoms with Crippen molar-refractivity contribution in [2.24, 2.45) is 10.5 Å². The Hall–Kier alpha value is -2.60. The topological polar surface area (TPSA) is 116 Å². The van der Waals surface area contributed by atoms with Gasteiger partial charge in [-0.1, -0.05) is 57.2 Å². The number of hydrogen-bond donors (Lipinski definition) is 1. The highest BCUT2D eigenvalue weighted by Gasteiger charge is 2.43. The average molecular weight is 507 g/mol. The molecule has 0 saturated carbocycles. The Morgan fingerprint density at radius 3 is 1.88 bits per heavy atom. The first kappa shape index (κ1) is 26.0. The summed E-state index contributed by atoms with van der Waals surface area (Å²) in [7, 11) is -7.97. The Balaban J connectivity index is 1.97. The molecule has 1 fully saturated rings. The normalized spacial score (nSPS) is 19.1. The van der Waals surface area contributed by atoms with Crippen molar-refractivity contribution in [3.63, 3.8) is 0 Å². The van der Waals surface area contributed by atoms with Crippen LogP contribution in [-0.2, 0) is 24.8 Å². The maximum absolute atomic E-state index is 13.4. The highest BCUT2D eigenvalue weighted by atomic mass is 32.2. The van der Waals surface area contributed by atoms with Gasteiger partial charge in [-0.15, -0.1) is 0 Å². The summed E-state index contributed by atoms with van der Waals surface area (Å²) in [6.07, 6.45) is 0. The van der Waals surface area contributed by atoms with Gasteiger partial charge < -0.3 is 0 Å². The lowest BCUT2D eigenvalue weighted by atomic mass is 9.91. The second kappa shape index (κ2) is 9.95. The Kier molecular flexibility index (Phi) is 7.61. The van der Waals surface area contributed by atoms with E-state index in [1.807, 2.05) is 20.8 Å². The summed E-state index contributed by atoms with van der Waals surface area (Å²) in [5.74, 6) is -0.698. The third-order valence-corrected chi connectivity index (χ3v) is 9.55. The van der Waals surface area contributed by atoms with E-state index in [2.05, 4.69) is 10.5 Å². The van der Waals surface area contributed by atoms with E-state index in [-0.39, 0.29) is 34.8 Å². The summed E-state index contributed by atoms with van der Waals surface area (Å²) in [6.45, 7) is 6.95. The fourth-order valence-corrected chi connectivity index (χ4v) is 6.36. The number of piperazine rings is 1. The van der Waals surface area contributed by atoms with Gasteiger partial charge in [-0.2, -0.15) is 13.7 Å². The van der Waals surface area contributed by atoms with Crippen LogP contribution in [-0.4, -0.2) is 62.7 Å². The molecule has 1 heterocycles. The molecule has 184 valence electrons. The highest BCUT2D eigenvalue weighted by Crippen LogP contribution is 2.25. The van der Waals surface area contributed by atoms with Crippen molar-refractivity contribution in [2.75, 3.05) is 19.6 Å². The van der Waals surface area contributed by atoms with Crippen LogP contribution in [0.4, 0.5) is 0 Å². The average Bonchev–Trinajstić information content (AvgIpc) is 2.82. The number of carbonyl (C=O) groups excluding carboxylic acids is 1. The van der Waals surface area contributed by atoms with Crippen molar-refractivity contribution in [2.45, 2.75) is 43.5 Å². The van der Waals surface area contributed by atoms with E-state index >= 15 is 0 Å². The Bertz CT molecular complexity index is 1260. The summed E-state index contributed by atoms with van der Waals surface area (Å²) in [5, 5.41) is 4.13. The molecule has 1 atom stereocenters. The van der Waals surface area contributed by atoms with Crippen molar-refractivity contribution in [3.8, 4) is 0 Å². The molecule has 0 aliphatic carbocycles. The standard InChI is InChI=1S/C23H30N4O5S2/c1-18(23(2,3)4)24-25-22(28)21-17-26(33(29,30)19-11-7-5-8-12-19)15-16-27(21)34(31,32)20-13-9-6-10-14-20/h5-14,21H,15-17H2,1-4H3,(H,25,28)/b24-18-/t21-/m1/s1. The highest BCUT2D eigenvalue weighted by molar-refractivity contribution is 7.89. The van der Waals surface area contributed by atoms with Crippen LogP contribution in [0, 0.1) is 5.41 Å². The summed E-state index contributed by atoms with van der Waals surface area (Å²) < 4.78 is 55.3. The maximum atomic E-state index is 13.4. The van der Waals surface area contributed by atoms with Gasteiger partial charge >= 0.3 is 0 Å². The molecule has 1 amide bonds. The van der Waals surface area contributed by atoms with E-state index in [4.69, 9.17) is 0 Å². The van der Waals surface area contributed by atoms with Gasteiger partial charge in [0.25, 0.3) is 5.91 Å². The van der Waals surface area contributed by atoms with Gasteiger partial charge in [-0.3, -0.25) is 4.79 Å². The zero-order chi connectivity index (χ0) is 25.1. The third kappa shape index (κ3) is 5.54. The smallest absolute Gasteiger partial charge is 0.259 e. The van der Waals surface area contributed by atoms with Crippen molar-refractivity contribution in [1.29, 1.82) is 0 Å². The molecule has 0 aromatic heterocycles. The largest absolute Gasteiger partial charge is 0.271 e. The Morgan fingerprint density at radius 2 is 1.38 bits per heavy atom. The fourth-order valence-electron chi connectivity index (χ4n) is 3.31. The van der Waals surface area contributed by atoms with E-state index in [0.717, 1.165) is 8.61 Å². The molecule has 1 saturated heterocycles.